The van der Waals surface area contributed by atoms with Crippen molar-refractivity contribution >= 4 is 5.91 Å². The maximum Gasteiger partial charge on any atom is 0.251 e. The first-order valence-electron chi connectivity index (χ1n) is 6.12. The lowest BCUT2D eigenvalue weighted by molar-refractivity contribution is 0.0883. The van der Waals surface area contributed by atoms with Gasteiger partial charge in [-0.3, -0.25) is 4.79 Å². The third-order valence-electron chi connectivity index (χ3n) is 3.56. The van der Waals surface area contributed by atoms with Crippen LogP contribution in [0.3, 0.4) is 0 Å². The molecule has 0 heterocycles. The highest BCUT2D eigenvalue weighted by atomic mass is 16.3. The summed E-state index contributed by atoms with van der Waals surface area (Å²) in [5, 5.41) is 12.4. The van der Waals surface area contributed by atoms with E-state index in [1.54, 1.807) is 19.1 Å². The number of aromatic hydroxyl groups is 1. The second kappa shape index (κ2) is 5.40. The van der Waals surface area contributed by atoms with Crippen molar-refractivity contribution in [2.45, 2.75) is 33.2 Å². The number of nitrogens with two attached hydrogens (primary N) is 1. The maximum atomic E-state index is 12.1. The second-order valence-electron chi connectivity index (χ2n) is 5.23. The summed E-state index contributed by atoms with van der Waals surface area (Å²) >= 11 is 0. The normalized spacial score (nSPS) is 14.3. The Hall–Kier alpha value is -1.55. The number of hydrogen-bond donors (Lipinski definition) is 3. The summed E-state index contributed by atoms with van der Waals surface area (Å²) in [5.74, 6) is 0.265. The predicted molar refractivity (Wildman–Crippen MR) is 72.6 cm³/mol. The molecule has 0 saturated carbocycles. The quantitative estimate of drug-likeness (QED) is 0.762. The fraction of sp³-hybridized carbons (Fsp3) is 0.500. The Balaban J connectivity index is 2.91. The van der Waals surface area contributed by atoms with Gasteiger partial charge in [-0.1, -0.05) is 13.8 Å². The van der Waals surface area contributed by atoms with E-state index in [1.807, 2.05) is 20.8 Å². The molecule has 1 atom stereocenters. The fourth-order valence-corrected chi connectivity index (χ4v) is 1.56. The lowest BCUT2D eigenvalue weighted by Crippen LogP contribution is -2.55. The Labute approximate surface area is 108 Å². The highest BCUT2D eigenvalue weighted by Gasteiger charge is 2.28. The lowest BCUT2D eigenvalue weighted by atomic mass is 9.88. The van der Waals surface area contributed by atoms with Gasteiger partial charge in [0, 0.05) is 12.1 Å². The number of hydrogen-bond acceptors (Lipinski definition) is 3. The Morgan fingerprint density at radius 2 is 2.11 bits per heavy atom. The van der Waals surface area contributed by atoms with Gasteiger partial charge in [-0.25, -0.2) is 0 Å². The largest absolute Gasteiger partial charge is 0.508 e. The van der Waals surface area contributed by atoms with Crippen molar-refractivity contribution in [1.82, 2.24) is 5.32 Å². The Morgan fingerprint density at radius 1 is 1.50 bits per heavy atom. The van der Waals surface area contributed by atoms with Crippen LogP contribution in [0.1, 0.15) is 36.7 Å². The van der Waals surface area contributed by atoms with E-state index in [9.17, 15) is 9.90 Å². The number of phenols is 1. The molecule has 0 aliphatic heterocycles. The van der Waals surface area contributed by atoms with Crippen molar-refractivity contribution in [2.75, 3.05) is 6.54 Å². The van der Waals surface area contributed by atoms with Crippen molar-refractivity contribution in [3.8, 4) is 5.75 Å². The standard InChI is InChI=1S/C14H22N2O2/c1-9(2)14(4,8-15)16-13(18)11-5-6-12(17)10(3)7-11/h5-7,9,17H,8,15H2,1-4H3,(H,16,18). The van der Waals surface area contributed by atoms with Crippen LogP contribution in [0, 0.1) is 12.8 Å². The zero-order chi connectivity index (χ0) is 13.9. The molecule has 1 amide bonds. The van der Waals surface area contributed by atoms with E-state index in [0.717, 1.165) is 0 Å². The van der Waals surface area contributed by atoms with Crippen LogP contribution in [-0.4, -0.2) is 23.1 Å². The van der Waals surface area contributed by atoms with Crippen LogP contribution in [0.15, 0.2) is 18.2 Å². The minimum Gasteiger partial charge on any atom is -0.508 e. The first-order chi connectivity index (χ1) is 8.30. The monoisotopic (exact) mass is 250 g/mol. The molecule has 1 aromatic rings. The summed E-state index contributed by atoms with van der Waals surface area (Å²) in [6.07, 6.45) is 0. The molecule has 0 aromatic heterocycles. The Kier molecular flexibility index (Phi) is 4.35. The molecule has 1 unspecified atom stereocenters. The average Bonchev–Trinajstić information content (AvgIpc) is 2.32. The summed E-state index contributed by atoms with van der Waals surface area (Å²) in [7, 11) is 0. The van der Waals surface area contributed by atoms with Crippen LogP contribution >= 0.6 is 0 Å². The smallest absolute Gasteiger partial charge is 0.251 e. The number of benzene rings is 1. The van der Waals surface area contributed by atoms with Gasteiger partial charge in [-0.15, -0.1) is 0 Å². The first kappa shape index (κ1) is 14.5. The third-order valence-corrected chi connectivity index (χ3v) is 3.56. The van der Waals surface area contributed by atoms with Gasteiger partial charge in [-0.05, 0) is 43.5 Å². The molecular weight excluding hydrogens is 228 g/mol. The summed E-state index contributed by atoms with van der Waals surface area (Å²) in [4.78, 5) is 12.1. The van der Waals surface area contributed by atoms with Crippen molar-refractivity contribution in [2.24, 2.45) is 11.7 Å². The molecule has 0 spiro atoms. The SMILES string of the molecule is Cc1cc(C(=O)NC(C)(CN)C(C)C)ccc1O. The lowest BCUT2D eigenvalue weighted by Gasteiger charge is -2.33. The van der Waals surface area contributed by atoms with E-state index in [1.165, 1.54) is 6.07 Å². The van der Waals surface area contributed by atoms with Crippen molar-refractivity contribution < 1.29 is 9.90 Å². The maximum absolute atomic E-state index is 12.1. The van der Waals surface area contributed by atoms with Gasteiger partial charge < -0.3 is 16.2 Å². The molecule has 0 fully saturated rings. The van der Waals surface area contributed by atoms with Crippen molar-refractivity contribution in [1.29, 1.82) is 0 Å². The minimum absolute atomic E-state index is 0.167. The number of carbonyl (C=O) groups excluding carboxylic acids is 1. The third kappa shape index (κ3) is 3.01. The summed E-state index contributed by atoms with van der Waals surface area (Å²) < 4.78 is 0. The molecule has 4 heteroatoms. The van der Waals surface area contributed by atoms with Crippen LogP contribution in [0.4, 0.5) is 0 Å². The molecule has 0 bridgehead atoms. The molecule has 0 saturated heterocycles. The number of aryl methyl sites for hydroxylation is 1. The Morgan fingerprint density at radius 3 is 2.56 bits per heavy atom. The van der Waals surface area contributed by atoms with Crippen molar-refractivity contribution in [3.05, 3.63) is 29.3 Å². The fourth-order valence-electron chi connectivity index (χ4n) is 1.56. The van der Waals surface area contributed by atoms with Gasteiger partial charge in [0.1, 0.15) is 5.75 Å². The predicted octanol–water partition coefficient (Wildman–Crippen LogP) is 1.80. The van der Waals surface area contributed by atoms with Crippen LogP contribution in [0.25, 0.3) is 0 Å². The molecule has 0 aliphatic rings. The van der Waals surface area contributed by atoms with E-state index >= 15 is 0 Å². The van der Waals surface area contributed by atoms with Gasteiger partial charge in [0.25, 0.3) is 5.91 Å². The van der Waals surface area contributed by atoms with E-state index in [-0.39, 0.29) is 17.6 Å². The van der Waals surface area contributed by atoms with Crippen LogP contribution < -0.4 is 11.1 Å². The molecule has 18 heavy (non-hydrogen) atoms. The molecule has 4 nitrogen and oxygen atoms in total. The summed E-state index contributed by atoms with van der Waals surface area (Å²) in [6.45, 7) is 8.12. The average molecular weight is 250 g/mol. The van der Waals surface area contributed by atoms with Gasteiger partial charge in [0.05, 0.1) is 5.54 Å². The highest BCUT2D eigenvalue weighted by molar-refractivity contribution is 5.95. The van der Waals surface area contributed by atoms with Crippen LogP contribution in [0.5, 0.6) is 5.75 Å². The first-order valence-corrected chi connectivity index (χ1v) is 6.12. The van der Waals surface area contributed by atoms with Crippen LogP contribution in [-0.2, 0) is 0 Å². The van der Waals surface area contributed by atoms with Crippen LogP contribution in [0.2, 0.25) is 0 Å². The summed E-state index contributed by atoms with van der Waals surface area (Å²) in [5.41, 5.74) is 6.52. The van der Waals surface area contributed by atoms with E-state index in [2.05, 4.69) is 5.32 Å². The zero-order valence-electron chi connectivity index (χ0n) is 11.4. The second-order valence-corrected chi connectivity index (χ2v) is 5.23. The molecule has 1 aromatic carbocycles. The van der Waals surface area contributed by atoms with Gasteiger partial charge >= 0.3 is 0 Å². The van der Waals surface area contributed by atoms with E-state index in [4.69, 9.17) is 5.73 Å². The molecule has 1 rings (SSSR count). The topological polar surface area (TPSA) is 75.4 Å². The molecule has 100 valence electrons. The highest BCUT2D eigenvalue weighted by Crippen LogP contribution is 2.19. The molecular formula is C14H22N2O2. The molecule has 0 radical (unpaired) electrons. The minimum atomic E-state index is -0.428. The van der Waals surface area contributed by atoms with Crippen molar-refractivity contribution in [3.63, 3.8) is 0 Å². The van der Waals surface area contributed by atoms with E-state index < -0.39 is 5.54 Å². The zero-order valence-corrected chi connectivity index (χ0v) is 11.4. The van der Waals surface area contributed by atoms with Gasteiger partial charge in [-0.2, -0.15) is 0 Å². The number of phenolic OH excluding ortho intramolecular Hbond substituents is 1. The Bertz CT molecular complexity index is 443. The molecule has 4 N–H and O–H groups in total. The van der Waals surface area contributed by atoms with E-state index in [0.29, 0.717) is 17.7 Å². The number of carbonyl (C=O) groups is 1. The molecule has 0 aliphatic carbocycles. The number of nitrogens with one attached hydrogen (secondary N) is 1. The number of rotatable bonds is 4. The van der Waals surface area contributed by atoms with Gasteiger partial charge in [0.15, 0.2) is 0 Å². The number of amides is 1. The summed E-state index contributed by atoms with van der Waals surface area (Å²) in [6, 6.07) is 4.80. The van der Waals surface area contributed by atoms with Gasteiger partial charge in [0.2, 0.25) is 0 Å².